The van der Waals surface area contributed by atoms with Crippen molar-refractivity contribution in [2.24, 2.45) is 0 Å². The smallest absolute Gasteiger partial charge is 0.239 e. The summed E-state index contributed by atoms with van der Waals surface area (Å²) in [5.41, 5.74) is 4.66. The minimum Gasteiger partial charge on any atom is -0.353 e. The number of nitrogens with one attached hydrogen (secondary N) is 1. The van der Waals surface area contributed by atoms with Crippen LogP contribution in [0.2, 0.25) is 0 Å². The van der Waals surface area contributed by atoms with Crippen LogP contribution in [0.5, 0.6) is 0 Å². The zero-order valence-electron chi connectivity index (χ0n) is 14.8. The van der Waals surface area contributed by atoms with Crippen molar-refractivity contribution in [3.05, 3.63) is 70.8 Å². The third-order valence-electron chi connectivity index (χ3n) is 4.73. The lowest BCUT2D eigenvalue weighted by molar-refractivity contribution is -0.138. The Kier molecular flexibility index (Phi) is 5.17. The van der Waals surface area contributed by atoms with Crippen LogP contribution in [0, 0.1) is 13.8 Å². The van der Waals surface area contributed by atoms with Crippen LogP contribution in [0.3, 0.4) is 0 Å². The summed E-state index contributed by atoms with van der Waals surface area (Å²) < 4.78 is 0. The first-order chi connectivity index (χ1) is 12.0. The molecule has 130 valence electrons. The Bertz CT molecular complexity index is 705. The molecule has 2 aromatic rings. The summed E-state index contributed by atoms with van der Waals surface area (Å²) in [6.07, 6.45) is 0.374. The fourth-order valence-corrected chi connectivity index (χ4v) is 3.18. The van der Waals surface area contributed by atoms with E-state index in [4.69, 9.17) is 0 Å². The average molecular weight is 336 g/mol. The first-order valence-electron chi connectivity index (χ1n) is 8.70. The molecule has 3 rings (SSSR count). The molecule has 4 heteroatoms. The van der Waals surface area contributed by atoms with Gasteiger partial charge in [-0.3, -0.25) is 9.59 Å². The van der Waals surface area contributed by atoms with Crippen LogP contribution in [0.25, 0.3) is 0 Å². The fourth-order valence-electron chi connectivity index (χ4n) is 3.18. The van der Waals surface area contributed by atoms with Crippen LogP contribution in [-0.4, -0.2) is 36.3 Å². The van der Waals surface area contributed by atoms with E-state index in [1.165, 1.54) is 11.1 Å². The summed E-state index contributed by atoms with van der Waals surface area (Å²) in [4.78, 5) is 26.0. The summed E-state index contributed by atoms with van der Waals surface area (Å²) in [5, 5.41) is 2.76. The topological polar surface area (TPSA) is 49.4 Å². The molecular weight excluding hydrogens is 312 g/mol. The number of hydrogen-bond donors (Lipinski definition) is 1. The van der Waals surface area contributed by atoms with Crippen LogP contribution < -0.4 is 5.32 Å². The molecule has 1 saturated heterocycles. The number of carbonyl (C=O) groups is 2. The van der Waals surface area contributed by atoms with Gasteiger partial charge >= 0.3 is 0 Å². The van der Waals surface area contributed by atoms with E-state index in [-0.39, 0.29) is 24.3 Å². The summed E-state index contributed by atoms with van der Waals surface area (Å²) in [6, 6.07) is 16.7. The molecular formula is C21H24N2O2. The van der Waals surface area contributed by atoms with E-state index in [2.05, 4.69) is 67.7 Å². The van der Waals surface area contributed by atoms with E-state index in [9.17, 15) is 9.59 Å². The van der Waals surface area contributed by atoms with Crippen molar-refractivity contribution >= 4 is 11.8 Å². The van der Waals surface area contributed by atoms with E-state index < -0.39 is 0 Å². The molecule has 2 aromatic carbocycles. The fraction of sp³-hybridized carbons (Fsp3) is 0.333. The van der Waals surface area contributed by atoms with Gasteiger partial charge in [-0.25, -0.2) is 0 Å². The minimum absolute atomic E-state index is 0.00122. The highest BCUT2D eigenvalue weighted by molar-refractivity contribution is 5.86. The number of aryl methyl sites for hydroxylation is 2. The molecule has 0 unspecified atom stereocenters. The van der Waals surface area contributed by atoms with Crippen LogP contribution in [0.4, 0.5) is 0 Å². The van der Waals surface area contributed by atoms with Crippen LogP contribution >= 0.6 is 0 Å². The second-order valence-corrected chi connectivity index (χ2v) is 6.74. The molecule has 0 aliphatic carbocycles. The van der Waals surface area contributed by atoms with Crippen molar-refractivity contribution in [2.75, 3.05) is 19.6 Å². The molecule has 1 heterocycles. The quantitative estimate of drug-likeness (QED) is 0.933. The SMILES string of the molecule is Cc1ccc(C(CC(=O)N2CCNC(=O)C2)c2ccc(C)cc2)cc1. The lowest BCUT2D eigenvalue weighted by Crippen LogP contribution is -2.50. The van der Waals surface area contributed by atoms with Crippen LogP contribution in [-0.2, 0) is 9.59 Å². The predicted molar refractivity (Wildman–Crippen MR) is 98.4 cm³/mol. The Morgan fingerprint density at radius 1 is 1.00 bits per heavy atom. The number of nitrogens with zero attached hydrogens (tertiary/aromatic N) is 1. The number of carbonyl (C=O) groups excluding carboxylic acids is 2. The molecule has 1 aliphatic heterocycles. The zero-order valence-corrected chi connectivity index (χ0v) is 14.8. The van der Waals surface area contributed by atoms with Gasteiger partial charge in [-0.05, 0) is 25.0 Å². The maximum absolute atomic E-state index is 12.8. The Hall–Kier alpha value is -2.62. The summed E-state index contributed by atoms with van der Waals surface area (Å²) >= 11 is 0. The summed E-state index contributed by atoms with van der Waals surface area (Å²) in [7, 11) is 0. The van der Waals surface area contributed by atoms with Gasteiger partial charge in [0.2, 0.25) is 11.8 Å². The van der Waals surface area contributed by atoms with Crippen molar-refractivity contribution in [1.82, 2.24) is 10.2 Å². The molecule has 0 spiro atoms. The second-order valence-electron chi connectivity index (χ2n) is 6.74. The van der Waals surface area contributed by atoms with E-state index in [0.717, 1.165) is 11.1 Å². The van der Waals surface area contributed by atoms with Gasteiger partial charge in [-0.2, -0.15) is 0 Å². The molecule has 0 atom stereocenters. The van der Waals surface area contributed by atoms with Crippen LogP contribution in [0.1, 0.15) is 34.6 Å². The Morgan fingerprint density at radius 2 is 1.52 bits per heavy atom. The second kappa shape index (κ2) is 7.51. The predicted octanol–water partition coefficient (Wildman–Crippen LogP) is 2.78. The van der Waals surface area contributed by atoms with E-state index >= 15 is 0 Å². The van der Waals surface area contributed by atoms with E-state index in [1.807, 2.05) is 0 Å². The van der Waals surface area contributed by atoms with Gasteiger partial charge in [0.05, 0.1) is 6.54 Å². The minimum atomic E-state index is -0.0816. The van der Waals surface area contributed by atoms with Gasteiger partial charge in [-0.15, -0.1) is 0 Å². The number of benzene rings is 2. The number of rotatable bonds is 4. The maximum atomic E-state index is 12.8. The Balaban J connectivity index is 1.85. The van der Waals surface area contributed by atoms with Crippen molar-refractivity contribution in [3.8, 4) is 0 Å². The third-order valence-corrected chi connectivity index (χ3v) is 4.73. The molecule has 0 aromatic heterocycles. The molecule has 0 saturated carbocycles. The Morgan fingerprint density at radius 3 is 2.00 bits per heavy atom. The molecule has 1 aliphatic rings. The average Bonchev–Trinajstić information content (AvgIpc) is 2.61. The van der Waals surface area contributed by atoms with Crippen molar-refractivity contribution < 1.29 is 9.59 Å². The van der Waals surface area contributed by atoms with Gasteiger partial charge < -0.3 is 10.2 Å². The molecule has 2 amide bonds. The highest BCUT2D eigenvalue weighted by atomic mass is 16.2. The summed E-state index contributed by atoms with van der Waals surface area (Å²) in [5.74, 6) is -0.0542. The number of piperazine rings is 1. The number of hydrogen-bond acceptors (Lipinski definition) is 2. The molecule has 25 heavy (non-hydrogen) atoms. The van der Waals surface area contributed by atoms with Crippen molar-refractivity contribution in [3.63, 3.8) is 0 Å². The largest absolute Gasteiger partial charge is 0.353 e. The molecule has 4 nitrogen and oxygen atoms in total. The first kappa shape index (κ1) is 17.2. The van der Waals surface area contributed by atoms with Gasteiger partial charge in [0, 0.05) is 25.4 Å². The normalized spacial score (nSPS) is 14.5. The monoisotopic (exact) mass is 336 g/mol. The molecule has 1 N–H and O–H groups in total. The van der Waals surface area contributed by atoms with E-state index in [0.29, 0.717) is 19.5 Å². The van der Waals surface area contributed by atoms with Crippen molar-refractivity contribution in [2.45, 2.75) is 26.2 Å². The van der Waals surface area contributed by atoms with E-state index in [1.54, 1.807) is 4.90 Å². The lowest BCUT2D eigenvalue weighted by atomic mass is 9.87. The van der Waals surface area contributed by atoms with Crippen molar-refractivity contribution in [1.29, 1.82) is 0 Å². The van der Waals surface area contributed by atoms with Gasteiger partial charge in [0.1, 0.15) is 0 Å². The maximum Gasteiger partial charge on any atom is 0.239 e. The molecule has 0 bridgehead atoms. The first-order valence-corrected chi connectivity index (χ1v) is 8.70. The summed E-state index contributed by atoms with van der Waals surface area (Å²) in [6.45, 7) is 5.39. The van der Waals surface area contributed by atoms with Gasteiger partial charge in [-0.1, -0.05) is 59.7 Å². The standard InChI is InChI=1S/C21H24N2O2/c1-15-3-7-17(8-4-15)19(18-9-5-16(2)6-10-18)13-21(25)23-12-11-22-20(24)14-23/h3-10,19H,11-14H2,1-2H3,(H,22,24). The highest BCUT2D eigenvalue weighted by Crippen LogP contribution is 2.29. The van der Waals surface area contributed by atoms with Gasteiger partial charge in [0.15, 0.2) is 0 Å². The molecule has 0 radical (unpaired) electrons. The van der Waals surface area contributed by atoms with Gasteiger partial charge in [0.25, 0.3) is 0 Å². The third kappa shape index (κ3) is 4.27. The van der Waals surface area contributed by atoms with Crippen LogP contribution in [0.15, 0.2) is 48.5 Å². The highest BCUT2D eigenvalue weighted by Gasteiger charge is 2.25. The molecule has 1 fully saturated rings. The lowest BCUT2D eigenvalue weighted by Gasteiger charge is -2.28. The Labute approximate surface area is 148 Å². The zero-order chi connectivity index (χ0) is 17.8. The number of amides is 2.